The van der Waals surface area contributed by atoms with Crippen LogP contribution in [0.3, 0.4) is 0 Å². The maximum atomic E-state index is 12.2. The summed E-state index contributed by atoms with van der Waals surface area (Å²) >= 11 is 0. The molecule has 0 saturated carbocycles. The number of aromatic nitrogens is 1. The van der Waals surface area contributed by atoms with Gasteiger partial charge in [-0.1, -0.05) is 5.16 Å². The molecular weight excluding hydrogens is 302 g/mol. The Bertz CT molecular complexity index is 631. The van der Waals surface area contributed by atoms with Crippen LogP contribution in [0.2, 0.25) is 0 Å². The Morgan fingerprint density at radius 1 is 1.43 bits per heavy atom. The maximum absolute atomic E-state index is 12.2. The summed E-state index contributed by atoms with van der Waals surface area (Å²) in [4.78, 5) is 23.2. The number of nitrogens with zero attached hydrogens (tertiary/aromatic N) is 2. The van der Waals surface area contributed by atoms with Crippen molar-refractivity contribution in [1.29, 1.82) is 0 Å². The van der Waals surface area contributed by atoms with Gasteiger partial charge >= 0.3 is 5.97 Å². The van der Waals surface area contributed by atoms with Crippen LogP contribution >= 0.6 is 0 Å². The number of carboxylic acid groups (broad SMARTS) is 1. The first kappa shape index (κ1) is 17.1. The molecule has 0 bridgehead atoms. The number of aliphatic carboxylic acids is 1. The van der Waals surface area contributed by atoms with E-state index >= 15 is 0 Å². The van der Waals surface area contributed by atoms with Crippen molar-refractivity contribution in [2.24, 2.45) is 0 Å². The predicted octanol–water partition coefficient (Wildman–Crippen LogP) is -0.499. The Balaban J connectivity index is 2.90. The molecule has 1 aromatic rings. The average molecular weight is 319 g/mol. The molecule has 0 aliphatic carbocycles. The lowest BCUT2D eigenvalue weighted by molar-refractivity contribution is -0.143. The molecule has 10 heteroatoms. The molecule has 9 nitrogen and oxygen atoms in total. The van der Waals surface area contributed by atoms with Gasteiger partial charge in [-0.2, -0.15) is 4.72 Å². The van der Waals surface area contributed by atoms with E-state index in [-0.39, 0.29) is 16.3 Å². The van der Waals surface area contributed by atoms with Crippen molar-refractivity contribution in [1.82, 2.24) is 14.8 Å². The van der Waals surface area contributed by atoms with Crippen LogP contribution in [0.25, 0.3) is 0 Å². The Hall–Kier alpha value is -1.94. The van der Waals surface area contributed by atoms with Crippen molar-refractivity contribution in [2.75, 3.05) is 13.6 Å². The number of aryl methyl sites for hydroxylation is 2. The molecule has 1 amide bonds. The van der Waals surface area contributed by atoms with Crippen LogP contribution in [0.15, 0.2) is 9.42 Å². The second-order valence-corrected chi connectivity index (χ2v) is 6.24. The lowest BCUT2D eigenvalue weighted by Crippen LogP contribution is -2.46. The lowest BCUT2D eigenvalue weighted by atomic mass is 10.3. The molecule has 0 saturated heterocycles. The molecule has 1 heterocycles. The summed E-state index contributed by atoms with van der Waals surface area (Å²) in [5.41, 5.74) is 0.179. The smallest absolute Gasteiger partial charge is 0.323 e. The van der Waals surface area contributed by atoms with Crippen LogP contribution in [-0.2, 0) is 19.6 Å². The second-order valence-electron chi connectivity index (χ2n) is 4.58. The van der Waals surface area contributed by atoms with Gasteiger partial charge in [0.15, 0.2) is 5.76 Å². The summed E-state index contributed by atoms with van der Waals surface area (Å²) in [5, 5.41) is 12.2. The number of sulfonamides is 1. The summed E-state index contributed by atoms with van der Waals surface area (Å²) in [5.74, 6) is -1.74. The number of amides is 1. The zero-order valence-corrected chi connectivity index (χ0v) is 12.9. The molecule has 0 radical (unpaired) electrons. The van der Waals surface area contributed by atoms with Crippen LogP contribution in [0.1, 0.15) is 18.4 Å². The summed E-state index contributed by atoms with van der Waals surface area (Å²) in [6.07, 6.45) is 0. The molecule has 0 aliphatic rings. The second kappa shape index (κ2) is 6.22. The van der Waals surface area contributed by atoms with E-state index in [1.165, 1.54) is 27.8 Å². The van der Waals surface area contributed by atoms with Crippen molar-refractivity contribution in [3.63, 3.8) is 0 Å². The fourth-order valence-corrected chi connectivity index (χ4v) is 3.34. The van der Waals surface area contributed by atoms with Crippen LogP contribution in [-0.4, -0.2) is 55.1 Å². The van der Waals surface area contributed by atoms with E-state index in [2.05, 4.69) is 9.88 Å². The Labute approximate surface area is 122 Å². The summed E-state index contributed by atoms with van der Waals surface area (Å²) in [6, 6.07) is -1.12. The minimum Gasteiger partial charge on any atom is -0.480 e. The maximum Gasteiger partial charge on any atom is 0.323 e. The van der Waals surface area contributed by atoms with Gasteiger partial charge in [-0.25, -0.2) is 8.42 Å². The Kier molecular flexibility index (Phi) is 5.07. The highest BCUT2D eigenvalue weighted by Gasteiger charge is 2.29. The summed E-state index contributed by atoms with van der Waals surface area (Å²) in [7, 11) is -2.71. The molecule has 0 spiro atoms. The SMILES string of the molecule is Cc1noc(C)c1S(=O)(=O)NC(C)C(=O)N(C)CC(=O)O. The highest BCUT2D eigenvalue weighted by Crippen LogP contribution is 2.18. The van der Waals surface area contributed by atoms with Gasteiger partial charge in [0.25, 0.3) is 0 Å². The van der Waals surface area contributed by atoms with Gasteiger partial charge in [-0.05, 0) is 20.8 Å². The molecule has 118 valence electrons. The third-order valence-corrected chi connectivity index (χ3v) is 4.47. The van der Waals surface area contributed by atoms with Crippen molar-refractivity contribution in [3.05, 3.63) is 11.5 Å². The number of carbonyl (C=O) groups excluding carboxylic acids is 1. The van der Waals surface area contributed by atoms with E-state index in [1.54, 1.807) is 0 Å². The van der Waals surface area contributed by atoms with Crippen molar-refractivity contribution < 1.29 is 27.6 Å². The standard InChI is InChI=1S/C11H17N3O6S/c1-6-10(8(3)20-12-6)21(18,19)13-7(2)11(17)14(4)5-9(15)16/h7,13H,5H2,1-4H3,(H,15,16). The number of hydrogen-bond acceptors (Lipinski definition) is 6. The van der Waals surface area contributed by atoms with Crippen LogP contribution < -0.4 is 4.72 Å². The lowest BCUT2D eigenvalue weighted by Gasteiger charge is -2.20. The van der Waals surface area contributed by atoms with Crippen LogP contribution in [0, 0.1) is 13.8 Å². The van der Waals surface area contributed by atoms with Gasteiger partial charge in [-0.3, -0.25) is 9.59 Å². The highest BCUT2D eigenvalue weighted by atomic mass is 32.2. The van der Waals surface area contributed by atoms with Gasteiger partial charge in [0.1, 0.15) is 17.1 Å². The van der Waals surface area contributed by atoms with E-state index in [9.17, 15) is 18.0 Å². The quantitative estimate of drug-likeness (QED) is 0.723. The molecule has 1 rings (SSSR count). The molecule has 0 fully saturated rings. The van der Waals surface area contributed by atoms with Gasteiger partial charge in [0, 0.05) is 7.05 Å². The zero-order chi connectivity index (χ0) is 16.4. The first-order valence-electron chi connectivity index (χ1n) is 5.98. The van der Waals surface area contributed by atoms with E-state index in [4.69, 9.17) is 9.63 Å². The van der Waals surface area contributed by atoms with Gasteiger partial charge in [0.05, 0.1) is 6.04 Å². The third-order valence-electron chi connectivity index (χ3n) is 2.69. The number of carbonyl (C=O) groups is 2. The normalized spacial score (nSPS) is 13.0. The summed E-state index contributed by atoms with van der Waals surface area (Å²) < 4.78 is 31.4. The topological polar surface area (TPSA) is 130 Å². The van der Waals surface area contributed by atoms with E-state index in [1.807, 2.05) is 0 Å². The molecule has 1 aromatic heterocycles. The van der Waals surface area contributed by atoms with Crippen molar-refractivity contribution in [2.45, 2.75) is 31.7 Å². The molecule has 21 heavy (non-hydrogen) atoms. The molecule has 2 N–H and O–H groups in total. The largest absolute Gasteiger partial charge is 0.480 e. The van der Waals surface area contributed by atoms with Gasteiger partial charge in [0.2, 0.25) is 15.9 Å². The van der Waals surface area contributed by atoms with Crippen molar-refractivity contribution in [3.8, 4) is 0 Å². The molecular formula is C11H17N3O6S. The number of nitrogens with one attached hydrogen (secondary N) is 1. The van der Waals surface area contributed by atoms with E-state index in [0.29, 0.717) is 0 Å². The number of rotatable bonds is 6. The Morgan fingerprint density at radius 2 is 2.00 bits per heavy atom. The van der Waals surface area contributed by atoms with Gasteiger partial charge < -0.3 is 14.5 Å². The number of carboxylic acids is 1. The fourth-order valence-electron chi connectivity index (χ4n) is 1.81. The monoisotopic (exact) mass is 319 g/mol. The molecule has 1 atom stereocenters. The van der Waals surface area contributed by atoms with Gasteiger partial charge in [-0.15, -0.1) is 0 Å². The minimum absolute atomic E-state index is 0.110. The number of likely N-dealkylation sites (N-methyl/N-ethyl adjacent to an activating group) is 1. The van der Waals surface area contributed by atoms with E-state index in [0.717, 1.165) is 4.90 Å². The highest BCUT2D eigenvalue weighted by molar-refractivity contribution is 7.89. The molecule has 0 aliphatic heterocycles. The first-order chi connectivity index (χ1) is 9.56. The molecule has 1 unspecified atom stereocenters. The fraction of sp³-hybridized carbons (Fsp3) is 0.545. The third kappa shape index (κ3) is 4.02. The van der Waals surface area contributed by atoms with Crippen LogP contribution in [0.4, 0.5) is 0 Å². The van der Waals surface area contributed by atoms with Crippen molar-refractivity contribution >= 4 is 21.9 Å². The minimum atomic E-state index is -3.99. The average Bonchev–Trinajstić information content (AvgIpc) is 2.66. The molecule has 0 aromatic carbocycles. The Morgan fingerprint density at radius 3 is 2.43 bits per heavy atom. The first-order valence-corrected chi connectivity index (χ1v) is 7.46. The van der Waals surface area contributed by atoms with E-state index < -0.39 is 34.5 Å². The van der Waals surface area contributed by atoms with Crippen LogP contribution in [0.5, 0.6) is 0 Å². The predicted molar refractivity (Wildman–Crippen MR) is 71.0 cm³/mol. The summed E-state index contributed by atoms with van der Waals surface area (Å²) in [6.45, 7) is 3.72. The zero-order valence-electron chi connectivity index (χ0n) is 12.1. The number of hydrogen-bond donors (Lipinski definition) is 2.